The van der Waals surface area contributed by atoms with Crippen LogP contribution in [0.25, 0.3) is 0 Å². The van der Waals surface area contributed by atoms with Gasteiger partial charge in [0.05, 0.1) is 18.8 Å². The van der Waals surface area contributed by atoms with E-state index in [0.29, 0.717) is 18.8 Å². The number of rotatable bonds is 9. The van der Waals surface area contributed by atoms with Crippen molar-refractivity contribution in [3.8, 4) is 5.75 Å². The number of carbonyl (C=O) groups is 1. The topological polar surface area (TPSA) is 44.8 Å². The number of ether oxygens (including phenoxy) is 1. The van der Waals surface area contributed by atoms with E-state index < -0.39 is 5.97 Å². The number of unbranched alkanes of at least 4 members (excludes halogenated alkanes) is 3. The summed E-state index contributed by atoms with van der Waals surface area (Å²) in [6, 6.07) is 6.87. The maximum atomic E-state index is 11.5. The minimum absolute atomic E-state index is 0.338. The molecule has 0 atom stereocenters. The average Bonchev–Trinajstić information content (AvgIpc) is 2.45. The van der Waals surface area contributed by atoms with Gasteiger partial charge in [0.2, 0.25) is 0 Å². The van der Waals surface area contributed by atoms with E-state index in [1.165, 1.54) is 19.3 Å². The van der Waals surface area contributed by atoms with Crippen LogP contribution in [0.4, 0.5) is 0 Å². The molecule has 4 heteroatoms. The third-order valence-corrected chi connectivity index (χ3v) is 2.61. The molecule has 0 unspecified atom stereocenters. The van der Waals surface area contributed by atoms with Gasteiger partial charge in [-0.05, 0) is 37.6 Å². The van der Waals surface area contributed by atoms with E-state index in [1.54, 1.807) is 31.2 Å². The lowest BCUT2D eigenvalue weighted by Gasteiger charge is -2.06. The van der Waals surface area contributed by atoms with Gasteiger partial charge in [-0.3, -0.25) is 4.89 Å². The highest BCUT2D eigenvalue weighted by Crippen LogP contribution is 2.14. The number of hydrogen-bond donors (Lipinski definition) is 0. The summed E-state index contributed by atoms with van der Waals surface area (Å²) in [6.45, 7) is 4.98. The van der Waals surface area contributed by atoms with Crippen LogP contribution in [0.5, 0.6) is 5.75 Å². The molecule has 1 aromatic rings. The first-order valence-corrected chi connectivity index (χ1v) is 6.84. The zero-order chi connectivity index (χ0) is 13.9. The molecule has 0 saturated heterocycles. The van der Waals surface area contributed by atoms with Gasteiger partial charge in [-0.1, -0.05) is 26.2 Å². The van der Waals surface area contributed by atoms with Crippen molar-refractivity contribution in [3.63, 3.8) is 0 Å². The quantitative estimate of drug-likeness (QED) is 0.388. The van der Waals surface area contributed by atoms with E-state index in [1.807, 2.05) is 0 Å². The van der Waals surface area contributed by atoms with Gasteiger partial charge < -0.3 is 4.74 Å². The summed E-state index contributed by atoms with van der Waals surface area (Å²) in [5.41, 5.74) is 0.451. The highest BCUT2D eigenvalue weighted by Gasteiger charge is 2.07. The van der Waals surface area contributed by atoms with Crippen molar-refractivity contribution in [2.45, 2.75) is 39.5 Å². The van der Waals surface area contributed by atoms with Gasteiger partial charge >= 0.3 is 5.97 Å². The van der Waals surface area contributed by atoms with E-state index in [-0.39, 0.29) is 0 Å². The monoisotopic (exact) mass is 266 g/mol. The Balaban J connectivity index is 2.32. The summed E-state index contributed by atoms with van der Waals surface area (Å²) in [5, 5.41) is 0. The molecule has 0 aromatic heterocycles. The standard InChI is InChI=1S/C15H22O4/c1-3-5-6-7-12-17-14-10-8-13(9-11-14)15(16)19-18-4-2/h8-11H,3-7,12H2,1-2H3. The van der Waals surface area contributed by atoms with Crippen LogP contribution in [-0.2, 0) is 9.78 Å². The van der Waals surface area contributed by atoms with Gasteiger partial charge in [0.15, 0.2) is 0 Å². The van der Waals surface area contributed by atoms with Gasteiger partial charge in [-0.25, -0.2) is 4.79 Å². The number of hydrogen-bond acceptors (Lipinski definition) is 4. The van der Waals surface area contributed by atoms with Gasteiger partial charge in [-0.2, -0.15) is 4.89 Å². The lowest BCUT2D eigenvalue weighted by molar-refractivity contribution is -0.236. The molecule has 0 radical (unpaired) electrons. The molecule has 0 N–H and O–H groups in total. The smallest absolute Gasteiger partial charge is 0.373 e. The Morgan fingerprint density at radius 1 is 1.05 bits per heavy atom. The Bertz CT molecular complexity index is 359. The zero-order valence-corrected chi connectivity index (χ0v) is 11.7. The Morgan fingerprint density at radius 2 is 1.79 bits per heavy atom. The lowest BCUT2D eigenvalue weighted by atomic mass is 10.2. The molecule has 1 aromatic carbocycles. The Morgan fingerprint density at radius 3 is 2.42 bits per heavy atom. The van der Waals surface area contributed by atoms with Crippen molar-refractivity contribution in [3.05, 3.63) is 29.8 Å². The van der Waals surface area contributed by atoms with Gasteiger partial charge in [0.25, 0.3) is 0 Å². The maximum Gasteiger partial charge on any atom is 0.373 e. The van der Waals surface area contributed by atoms with E-state index in [0.717, 1.165) is 12.2 Å². The first-order chi connectivity index (χ1) is 9.27. The van der Waals surface area contributed by atoms with Crippen molar-refractivity contribution in [2.75, 3.05) is 13.2 Å². The largest absolute Gasteiger partial charge is 0.494 e. The van der Waals surface area contributed by atoms with Crippen LogP contribution in [0.3, 0.4) is 0 Å². The van der Waals surface area contributed by atoms with Crippen LogP contribution < -0.4 is 4.74 Å². The first-order valence-electron chi connectivity index (χ1n) is 6.84. The van der Waals surface area contributed by atoms with E-state index in [4.69, 9.17) is 4.74 Å². The summed E-state index contributed by atoms with van der Waals surface area (Å²) in [7, 11) is 0. The highest BCUT2D eigenvalue weighted by molar-refractivity contribution is 5.89. The normalized spacial score (nSPS) is 10.2. The summed E-state index contributed by atoms with van der Waals surface area (Å²) >= 11 is 0. The molecule has 0 saturated carbocycles. The molecule has 106 valence electrons. The van der Waals surface area contributed by atoms with Gasteiger partial charge in [-0.15, -0.1) is 0 Å². The minimum Gasteiger partial charge on any atom is -0.494 e. The second-order valence-electron chi connectivity index (χ2n) is 4.21. The lowest BCUT2D eigenvalue weighted by Crippen LogP contribution is -2.06. The van der Waals surface area contributed by atoms with Crippen LogP contribution in [0, 0.1) is 0 Å². The van der Waals surface area contributed by atoms with Crippen LogP contribution >= 0.6 is 0 Å². The summed E-state index contributed by atoms with van der Waals surface area (Å²) in [5.74, 6) is 0.279. The van der Waals surface area contributed by atoms with Crippen LogP contribution in [0.1, 0.15) is 49.9 Å². The van der Waals surface area contributed by atoms with E-state index in [9.17, 15) is 4.79 Å². The summed E-state index contributed by atoms with van der Waals surface area (Å²) in [6.07, 6.45) is 4.71. The fourth-order valence-corrected chi connectivity index (χ4v) is 1.57. The SMILES string of the molecule is CCCCCCOc1ccc(C(=O)OOCC)cc1. The molecule has 0 spiro atoms. The average molecular weight is 266 g/mol. The van der Waals surface area contributed by atoms with Gasteiger partial charge in [0.1, 0.15) is 5.75 Å². The summed E-state index contributed by atoms with van der Waals surface area (Å²) < 4.78 is 5.59. The summed E-state index contributed by atoms with van der Waals surface area (Å²) in [4.78, 5) is 20.6. The van der Waals surface area contributed by atoms with Crippen molar-refractivity contribution in [1.82, 2.24) is 0 Å². The third kappa shape index (κ3) is 6.25. The van der Waals surface area contributed by atoms with Gasteiger partial charge in [0, 0.05) is 0 Å². The Hall–Kier alpha value is -1.55. The number of benzene rings is 1. The molecular weight excluding hydrogens is 244 g/mol. The van der Waals surface area contributed by atoms with Crippen molar-refractivity contribution < 1.29 is 19.3 Å². The molecule has 1 rings (SSSR count). The predicted molar refractivity (Wildman–Crippen MR) is 73.1 cm³/mol. The molecule has 0 aliphatic carbocycles. The molecular formula is C15H22O4. The van der Waals surface area contributed by atoms with Crippen molar-refractivity contribution in [1.29, 1.82) is 0 Å². The second kappa shape index (κ2) is 9.39. The Labute approximate surface area is 114 Å². The number of carbonyl (C=O) groups excluding carboxylic acids is 1. The fourth-order valence-electron chi connectivity index (χ4n) is 1.57. The predicted octanol–water partition coefficient (Wildman–Crippen LogP) is 3.75. The molecule has 19 heavy (non-hydrogen) atoms. The second-order valence-corrected chi connectivity index (χ2v) is 4.21. The molecule has 0 bridgehead atoms. The maximum absolute atomic E-state index is 11.5. The van der Waals surface area contributed by atoms with Crippen LogP contribution in [0.2, 0.25) is 0 Å². The van der Waals surface area contributed by atoms with E-state index >= 15 is 0 Å². The zero-order valence-electron chi connectivity index (χ0n) is 11.7. The molecule has 0 heterocycles. The first kappa shape index (κ1) is 15.5. The van der Waals surface area contributed by atoms with Crippen molar-refractivity contribution in [2.24, 2.45) is 0 Å². The molecule has 0 aliphatic heterocycles. The Kier molecular flexibility index (Phi) is 7.66. The molecule has 4 nitrogen and oxygen atoms in total. The van der Waals surface area contributed by atoms with Crippen molar-refractivity contribution >= 4 is 5.97 Å². The molecule has 0 aliphatic rings. The van der Waals surface area contributed by atoms with E-state index in [2.05, 4.69) is 16.7 Å². The minimum atomic E-state index is -0.489. The highest BCUT2D eigenvalue weighted by atomic mass is 17.2. The molecule has 0 fully saturated rings. The van der Waals surface area contributed by atoms with Crippen LogP contribution in [0.15, 0.2) is 24.3 Å². The third-order valence-electron chi connectivity index (χ3n) is 2.61. The van der Waals surface area contributed by atoms with Crippen LogP contribution in [-0.4, -0.2) is 19.2 Å². The molecule has 0 amide bonds. The fraction of sp³-hybridized carbons (Fsp3) is 0.533.